The van der Waals surface area contributed by atoms with Gasteiger partial charge in [-0.25, -0.2) is 13.6 Å². The van der Waals surface area contributed by atoms with Crippen LogP contribution in [0.15, 0.2) is 71.6 Å². The lowest BCUT2D eigenvalue weighted by atomic mass is 10.2. The van der Waals surface area contributed by atoms with Gasteiger partial charge in [0, 0.05) is 22.8 Å². The molecule has 0 saturated heterocycles. The molecule has 0 amide bonds. The maximum atomic E-state index is 11.3. The molecule has 0 radical (unpaired) electrons. The van der Waals surface area contributed by atoms with E-state index in [4.69, 9.17) is 26.2 Å². The first-order valence-electron chi connectivity index (χ1n) is 8.76. The Morgan fingerprint density at radius 1 is 1.00 bits per heavy atom. The molecule has 3 aromatic carbocycles. The SMILES string of the molecule is COc1cc(CNc2ccc(S(N)(=O)=O)cc2)ccc1OCc1ccccc1Cl.Cl. The van der Waals surface area contributed by atoms with Crippen LogP contribution in [-0.2, 0) is 23.2 Å². The lowest BCUT2D eigenvalue weighted by molar-refractivity contribution is 0.284. The molecule has 3 aromatic rings. The summed E-state index contributed by atoms with van der Waals surface area (Å²) in [6.07, 6.45) is 0. The zero-order chi connectivity index (χ0) is 20.9. The molecule has 0 aliphatic heterocycles. The molecule has 0 spiro atoms. The van der Waals surface area contributed by atoms with E-state index in [-0.39, 0.29) is 17.3 Å². The Hall–Kier alpha value is -2.45. The number of hydrogen-bond acceptors (Lipinski definition) is 5. The van der Waals surface area contributed by atoms with Crippen LogP contribution in [0, 0.1) is 0 Å². The van der Waals surface area contributed by atoms with Gasteiger partial charge in [0.1, 0.15) is 6.61 Å². The first-order chi connectivity index (χ1) is 13.9. The summed E-state index contributed by atoms with van der Waals surface area (Å²) >= 11 is 6.16. The van der Waals surface area contributed by atoms with Gasteiger partial charge in [-0.1, -0.05) is 35.9 Å². The third-order valence-electron chi connectivity index (χ3n) is 4.25. The van der Waals surface area contributed by atoms with Crippen molar-refractivity contribution in [1.29, 1.82) is 0 Å². The second-order valence-electron chi connectivity index (χ2n) is 6.29. The van der Waals surface area contributed by atoms with Crippen molar-refractivity contribution in [2.75, 3.05) is 12.4 Å². The maximum absolute atomic E-state index is 11.3. The molecule has 30 heavy (non-hydrogen) atoms. The van der Waals surface area contributed by atoms with Crippen LogP contribution in [0.2, 0.25) is 5.02 Å². The number of halogens is 2. The van der Waals surface area contributed by atoms with Crippen LogP contribution in [0.4, 0.5) is 5.69 Å². The Kier molecular flexibility index (Phi) is 8.37. The molecule has 0 heterocycles. The molecule has 0 aromatic heterocycles. The highest BCUT2D eigenvalue weighted by molar-refractivity contribution is 7.89. The number of benzene rings is 3. The third-order valence-corrected chi connectivity index (χ3v) is 5.55. The fraction of sp³-hybridized carbons (Fsp3) is 0.143. The summed E-state index contributed by atoms with van der Waals surface area (Å²) in [7, 11) is -2.11. The summed E-state index contributed by atoms with van der Waals surface area (Å²) in [5.41, 5.74) is 2.64. The van der Waals surface area contributed by atoms with Crippen molar-refractivity contribution < 1.29 is 17.9 Å². The van der Waals surface area contributed by atoms with E-state index in [1.54, 1.807) is 19.2 Å². The van der Waals surface area contributed by atoms with Crippen LogP contribution in [0.25, 0.3) is 0 Å². The molecule has 3 rings (SSSR count). The van der Waals surface area contributed by atoms with Crippen LogP contribution < -0.4 is 19.9 Å². The highest BCUT2D eigenvalue weighted by Gasteiger charge is 2.09. The molecule has 0 fully saturated rings. The third kappa shape index (κ3) is 6.27. The molecule has 0 saturated carbocycles. The van der Waals surface area contributed by atoms with Gasteiger partial charge in [0.25, 0.3) is 0 Å². The van der Waals surface area contributed by atoms with Gasteiger partial charge in [-0.2, -0.15) is 0 Å². The summed E-state index contributed by atoms with van der Waals surface area (Å²) in [6, 6.07) is 19.4. The Morgan fingerprint density at radius 3 is 2.33 bits per heavy atom. The van der Waals surface area contributed by atoms with Gasteiger partial charge in [-0.15, -0.1) is 12.4 Å². The van der Waals surface area contributed by atoms with Crippen LogP contribution in [0.1, 0.15) is 11.1 Å². The fourth-order valence-electron chi connectivity index (χ4n) is 2.68. The van der Waals surface area contributed by atoms with Gasteiger partial charge >= 0.3 is 0 Å². The first kappa shape index (κ1) is 23.8. The predicted octanol–water partition coefficient (Wildman–Crippen LogP) is 4.61. The highest BCUT2D eigenvalue weighted by Crippen LogP contribution is 2.30. The standard InChI is InChI=1S/C21H21ClN2O4S.ClH/c1-27-21-12-15(13-24-17-7-9-18(10-8-17)29(23,25)26)6-11-20(21)28-14-16-4-2-3-5-19(16)22;/h2-12,24H,13-14H2,1H3,(H2,23,25,26);1H. The van der Waals surface area contributed by atoms with Crippen molar-refractivity contribution in [2.24, 2.45) is 5.14 Å². The van der Waals surface area contributed by atoms with Crippen molar-refractivity contribution in [3.63, 3.8) is 0 Å². The number of primary sulfonamides is 1. The van der Waals surface area contributed by atoms with Crippen LogP contribution in [-0.4, -0.2) is 15.5 Å². The number of ether oxygens (including phenoxy) is 2. The largest absolute Gasteiger partial charge is 0.493 e. The molecular formula is C21H22Cl2N2O4S. The van der Waals surface area contributed by atoms with Gasteiger partial charge in [-0.3, -0.25) is 0 Å². The number of anilines is 1. The van der Waals surface area contributed by atoms with E-state index in [1.165, 1.54) is 12.1 Å². The molecule has 0 aliphatic rings. The summed E-state index contributed by atoms with van der Waals surface area (Å²) in [5.74, 6) is 1.23. The van der Waals surface area contributed by atoms with Crippen molar-refractivity contribution in [3.8, 4) is 11.5 Å². The number of nitrogens with one attached hydrogen (secondary N) is 1. The number of rotatable bonds is 8. The Labute approximate surface area is 187 Å². The van der Waals surface area contributed by atoms with E-state index in [0.29, 0.717) is 29.7 Å². The number of sulfonamides is 1. The Morgan fingerprint density at radius 2 is 1.70 bits per heavy atom. The maximum Gasteiger partial charge on any atom is 0.238 e. The van der Waals surface area contributed by atoms with E-state index < -0.39 is 10.0 Å². The van der Waals surface area contributed by atoms with E-state index >= 15 is 0 Å². The lowest BCUT2D eigenvalue weighted by Crippen LogP contribution is -2.12. The summed E-state index contributed by atoms with van der Waals surface area (Å²) in [5, 5.41) is 8.99. The molecular weight excluding hydrogens is 447 g/mol. The summed E-state index contributed by atoms with van der Waals surface area (Å²) in [6.45, 7) is 0.861. The van der Waals surface area contributed by atoms with Crippen molar-refractivity contribution >= 4 is 39.7 Å². The first-order valence-corrected chi connectivity index (χ1v) is 10.7. The minimum absolute atomic E-state index is 0. The molecule has 0 bridgehead atoms. The molecule has 0 aliphatic carbocycles. The lowest BCUT2D eigenvalue weighted by Gasteiger charge is -2.14. The molecule has 9 heteroatoms. The second kappa shape index (κ2) is 10.5. The van der Waals surface area contributed by atoms with E-state index in [9.17, 15) is 8.42 Å². The van der Waals surface area contributed by atoms with Crippen molar-refractivity contribution in [1.82, 2.24) is 0 Å². The second-order valence-corrected chi connectivity index (χ2v) is 8.26. The average Bonchev–Trinajstić information content (AvgIpc) is 2.71. The van der Waals surface area contributed by atoms with Gasteiger partial charge in [0.15, 0.2) is 11.5 Å². The minimum Gasteiger partial charge on any atom is -0.493 e. The Bertz CT molecular complexity index is 1090. The van der Waals surface area contributed by atoms with E-state index in [2.05, 4.69) is 5.32 Å². The smallest absolute Gasteiger partial charge is 0.238 e. The van der Waals surface area contributed by atoms with Gasteiger partial charge < -0.3 is 14.8 Å². The van der Waals surface area contributed by atoms with Gasteiger partial charge in [-0.05, 0) is 48.0 Å². The minimum atomic E-state index is -3.70. The fourth-order valence-corrected chi connectivity index (χ4v) is 3.38. The van der Waals surface area contributed by atoms with Crippen LogP contribution in [0.5, 0.6) is 11.5 Å². The highest BCUT2D eigenvalue weighted by atomic mass is 35.5. The van der Waals surface area contributed by atoms with Crippen molar-refractivity contribution in [2.45, 2.75) is 18.0 Å². The zero-order valence-electron chi connectivity index (χ0n) is 16.2. The van der Waals surface area contributed by atoms with Gasteiger partial charge in [0.2, 0.25) is 10.0 Å². The van der Waals surface area contributed by atoms with Gasteiger partial charge in [0.05, 0.1) is 12.0 Å². The average molecular weight is 469 g/mol. The normalized spacial score (nSPS) is 10.8. The zero-order valence-corrected chi connectivity index (χ0v) is 18.6. The number of nitrogens with two attached hydrogens (primary N) is 1. The number of methoxy groups -OCH3 is 1. The molecule has 3 N–H and O–H groups in total. The molecule has 0 unspecified atom stereocenters. The molecule has 0 atom stereocenters. The molecule has 6 nitrogen and oxygen atoms in total. The summed E-state index contributed by atoms with van der Waals surface area (Å²) < 4.78 is 33.9. The quantitative estimate of drug-likeness (QED) is 0.503. The van der Waals surface area contributed by atoms with E-state index in [0.717, 1.165) is 16.8 Å². The van der Waals surface area contributed by atoms with Crippen molar-refractivity contribution in [3.05, 3.63) is 82.9 Å². The predicted molar refractivity (Wildman–Crippen MR) is 121 cm³/mol. The molecule has 160 valence electrons. The summed E-state index contributed by atoms with van der Waals surface area (Å²) in [4.78, 5) is 0.0738. The van der Waals surface area contributed by atoms with Crippen LogP contribution >= 0.6 is 24.0 Å². The van der Waals surface area contributed by atoms with E-state index in [1.807, 2.05) is 42.5 Å². The topological polar surface area (TPSA) is 90.6 Å². The van der Waals surface area contributed by atoms with Crippen LogP contribution in [0.3, 0.4) is 0 Å². The monoisotopic (exact) mass is 468 g/mol. The number of hydrogen-bond donors (Lipinski definition) is 2. The Balaban J connectivity index is 0.00000320.